The molecule has 5 heteroatoms. The van der Waals surface area contributed by atoms with E-state index in [9.17, 15) is 4.79 Å². The van der Waals surface area contributed by atoms with Gasteiger partial charge in [-0.05, 0) is 56.6 Å². The maximum atomic E-state index is 12.9. The molecule has 0 aromatic carbocycles. The van der Waals surface area contributed by atoms with Crippen LogP contribution in [0.1, 0.15) is 42.5 Å². The highest BCUT2D eigenvalue weighted by Crippen LogP contribution is 2.28. The predicted molar refractivity (Wildman–Crippen MR) is 101 cm³/mol. The van der Waals surface area contributed by atoms with E-state index in [0.29, 0.717) is 6.42 Å². The number of aromatic nitrogens is 2. The minimum atomic E-state index is 0.171. The fourth-order valence-electron chi connectivity index (χ4n) is 3.92. The number of carbonyl (C=O) groups is 1. The molecular weight excluding hydrogens is 312 g/mol. The Morgan fingerprint density at radius 2 is 2.12 bits per heavy atom. The summed E-state index contributed by atoms with van der Waals surface area (Å²) in [4.78, 5) is 19.9. The van der Waals surface area contributed by atoms with Crippen LogP contribution in [0.5, 0.6) is 0 Å². The van der Waals surface area contributed by atoms with Gasteiger partial charge < -0.3 is 10.2 Å². The molecule has 1 saturated heterocycles. The average molecular weight is 338 g/mol. The predicted octanol–water partition coefficient (Wildman–Crippen LogP) is 2.93. The van der Waals surface area contributed by atoms with Gasteiger partial charge in [-0.3, -0.25) is 14.3 Å². The van der Waals surface area contributed by atoms with Crippen LogP contribution in [0, 0.1) is 0 Å². The van der Waals surface area contributed by atoms with Crippen LogP contribution in [0.15, 0.2) is 30.6 Å². The average Bonchev–Trinajstić information content (AvgIpc) is 3.07. The Balaban J connectivity index is 1.58. The van der Waals surface area contributed by atoms with Gasteiger partial charge in [-0.15, -0.1) is 0 Å². The summed E-state index contributed by atoms with van der Waals surface area (Å²) >= 11 is 0. The molecule has 4 heterocycles. The second kappa shape index (κ2) is 7.50. The van der Waals surface area contributed by atoms with Crippen molar-refractivity contribution in [3.05, 3.63) is 36.2 Å². The molecule has 2 aromatic rings. The van der Waals surface area contributed by atoms with E-state index >= 15 is 0 Å². The number of hydrogen-bond acceptors (Lipinski definition) is 4. The van der Waals surface area contributed by atoms with Crippen LogP contribution in [0.2, 0.25) is 0 Å². The molecule has 0 radical (unpaired) electrons. The fraction of sp³-hybridized carbons (Fsp3) is 0.500. The number of pyridine rings is 1. The first-order chi connectivity index (χ1) is 12.3. The third-order valence-electron chi connectivity index (χ3n) is 5.33. The van der Waals surface area contributed by atoms with Gasteiger partial charge >= 0.3 is 0 Å². The van der Waals surface area contributed by atoms with Crippen molar-refractivity contribution in [2.45, 2.75) is 32.1 Å². The highest BCUT2D eigenvalue weighted by molar-refractivity contribution is 5.97. The van der Waals surface area contributed by atoms with Crippen LogP contribution in [0.4, 0.5) is 0 Å². The lowest BCUT2D eigenvalue weighted by molar-refractivity contribution is 0.0883. The minimum Gasteiger partial charge on any atom is -0.313 e. The van der Waals surface area contributed by atoms with Gasteiger partial charge in [0, 0.05) is 37.5 Å². The molecule has 25 heavy (non-hydrogen) atoms. The van der Waals surface area contributed by atoms with Crippen LogP contribution < -0.4 is 5.32 Å². The molecule has 1 N–H and O–H groups in total. The highest BCUT2D eigenvalue weighted by atomic mass is 16.2. The van der Waals surface area contributed by atoms with E-state index in [2.05, 4.69) is 21.3 Å². The van der Waals surface area contributed by atoms with Crippen molar-refractivity contribution in [2.24, 2.45) is 0 Å². The number of likely N-dealkylation sites (tertiary alicyclic amines) is 1. The van der Waals surface area contributed by atoms with Gasteiger partial charge in [0.25, 0.3) is 0 Å². The van der Waals surface area contributed by atoms with Crippen molar-refractivity contribution in [3.8, 4) is 0 Å². The molecule has 5 nitrogen and oxygen atoms in total. The van der Waals surface area contributed by atoms with E-state index in [0.717, 1.165) is 55.7 Å². The quantitative estimate of drug-likeness (QED) is 0.931. The van der Waals surface area contributed by atoms with Crippen LogP contribution in [0.25, 0.3) is 16.6 Å². The third-order valence-corrected chi connectivity index (χ3v) is 5.33. The number of hydrogen-bond donors (Lipinski definition) is 1. The third kappa shape index (κ3) is 3.53. The van der Waals surface area contributed by atoms with Gasteiger partial charge in [0.2, 0.25) is 5.91 Å². The smallest absolute Gasteiger partial charge is 0.232 e. The lowest BCUT2D eigenvalue weighted by Gasteiger charge is -2.25. The molecule has 2 aliphatic heterocycles. The molecule has 4 rings (SSSR count). The number of rotatable bonds is 4. The van der Waals surface area contributed by atoms with Crippen molar-refractivity contribution in [1.29, 1.82) is 0 Å². The zero-order valence-corrected chi connectivity index (χ0v) is 14.7. The van der Waals surface area contributed by atoms with Gasteiger partial charge in [0.1, 0.15) is 0 Å². The summed E-state index contributed by atoms with van der Waals surface area (Å²) in [6.45, 7) is 4.99. The molecule has 2 aliphatic rings. The second-order valence-electron chi connectivity index (χ2n) is 7.01. The maximum Gasteiger partial charge on any atom is 0.232 e. The number of fused-ring (bicyclic) bond motifs is 1. The van der Waals surface area contributed by atoms with Crippen LogP contribution in [-0.2, 0) is 0 Å². The Kier molecular flexibility index (Phi) is 4.95. The Morgan fingerprint density at radius 3 is 2.92 bits per heavy atom. The number of nitrogens with one attached hydrogen (secondary N) is 1. The molecule has 2 aromatic heterocycles. The van der Waals surface area contributed by atoms with Crippen molar-refractivity contribution >= 4 is 22.5 Å². The molecule has 0 bridgehead atoms. The topological polar surface area (TPSA) is 50.2 Å². The van der Waals surface area contributed by atoms with Gasteiger partial charge in [0.05, 0.1) is 11.0 Å². The lowest BCUT2D eigenvalue weighted by atomic mass is 10.0. The monoisotopic (exact) mass is 338 g/mol. The van der Waals surface area contributed by atoms with Crippen LogP contribution >= 0.6 is 0 Å². The molecule has 0 spiro atoms. The summed E-state index contributed by atoms with van der Waals surface area (Å²) in [7, 11) is 0. The zero-order chi connectivity index (χ0) is 17.1. The van der Waals surface area contributed by atoms with Gasteiger partial charge in [-0.1, -0.05) is 12.5 Å². The van der Waals surface area contributed by atoms with E-state index in [-0.39, 0.29) is 5.91 Å². The first-order valence-corrected chi connectivity index (χ1v) is 9.45. The first-order valence-electron chi connectivity index (χ1n) is 9.45. The molecule has 1 fully saturated rings. The number of nitrogens with zero attached hydrogens (tertiary/aromatic N) is 3. The second-order valence-corrected chi connectivity index (χ2v) is 7.01. The Morgan fingerprint density at radius 1 is 1.24 bits per heavy atom. The number of piperidine rings is 1. The van der Waals surface area contributed by atoms with Crippen LogP contribution in [-0.4, -0.2) is 53.1 Å². The lowest BCUT2D eigenvalue weighted by Crippen LogP contribution is -2.32. The summed E-state index contributed by atoms with van der Waals surface area (Å²) in [5.74, 6) is 0.171. The summed E-state index contributed by atoms with van der Waals surface area (Å²) in [5.41, 5.74) is 4.29. The van der Waals surface area contributed by atoms with Crippen molar-refractivity contribution in [1.82, 2.24) is 19.8 Å². The maximum absolute atomic E-state index is 12.9. The van der Waals surface area contributed by atoms with E-state index < -0.39 is 0 Å². The molecule has 132 valence electrons. The minimum absolute atomic E-state index is 0.171. The fourth-order valence-corrected chi connectivity index (χ4v) is 3.92. The normalized spacial score (nSPS) is 19.1. The largest absolute Gasteiger partial charge is 0.313 e. The van der Waals surface area contributed by atoms with Gasteiger partial charge in [0.15, 0.2) is 0 Å². The van der Waals surface area contributed by atoms with Crippen molar-refractivity contribution < 1.29 is 4.79 Å². The summed E-state index contributed by atoms with van der Waals surface area (Å²) in [6, 6.07) is 3.92. The SMILES string of the molecule is O=C(CCN1CCCCC1)n1cc(C2=CCNCC2)c2ncccc21. The Labute approximate surface area is 148 Å². The zero-order valence-electron chi connectivity index (χ0n) is 14.7. The van der Waals surface area contributed by atoms with Gasteiger partial charge in [-0.25, -0.2) is 0 Å². The Hall–Kier alpha value is -1.98. The molecular formula is C20H26N4O. The molecule has 0 saturated carbocycles. The molecule has 0 unspecified atom stereocenters. The van der Waals surface area contributed by atoms with Crippen molar-refractivity contribution in [3.63, 3.8) is 0 Å². The summed E-state index contributed by atoms with van der Waals surface area (Å²) in [5, 5.41) is 3.34. The van der Waals surface area contributed by atoms with E-state index in [1.165, 1.54) is 24.8 Å². The summed E-state index contributed by atoms with van der Waals surface area (Å²) in [6.07, 6.45) is 11.4. The molecule has 0 atom stereocenters. The first kappa shape index (κ1) is 16.5. The highest BCUT2D eigenvalue weighted by Gasteiger charge is 2.19. The van der Waals surface area contributed by atoms with E-state index in [4.69, 9.17) is 0 Å². The van der Waals surface area contributed by atoms with Gasteiger partial charge in [-0.2, -0.15) is 0 Å². The Bertz CT molecular complexity index is 786. The molecule has 0 amide bonds. The molecule has 0 aliphatic carbocycles. The summed E-state index contributed by atoms with van der Waals surface area (Å²) < 4.78 is 1.82. The van der Waals surface area contributed by atoms with Crippen molar-refractivity contribution in [2.75, 3.05) is 32.7 Å². The van der Waals surface area contributed by atoms with E-state index in [1.807, 2.05) is 29.1 Å². The standard InChI is InChI=1S/C20H26N4O/c25-19(8-14-23-12-2-1-3-13-23)24-15-17(16-6-10-21-11-7-16)20-18(24)5-4-9-22-20/h4-6,9,15,21H,1-3,7-8,10-14H2. The van der Waals surface area contributed by atoms with Crippen LogP contribution in [0.3, 0.4) is 0 Å². The van der Waals surface area contributed by atoms with E-state index in [1.54, 1.807) is 0 Å². The number of carbonyl (C=O) groups excluding carboxylic acids is 1.